The fourth-order valence-corrected chi connectivity index (χ4v) is 4.56. The number of aromatic amines is 1. The molecule has 29 heavy (non-hydrogen) atoms. The number of rotatable bonds is 5. The van der Waals surface area contributed by atoms with E-state index in [0.717, 1.165) is 37.5 Å². The third-order valence-electron chi connectivity index (χ3n) is 6.02. The molecule has 0 spiro atoms. The van der Waals surface area contributed by atoms with Crippen LogP contribution in [0, 0.1) is 12.8 Å². The van der Waals surface area contributed by atoms with Crippen molar-refractivity contribution in [2.24, 2.45) is 5.92 Å². The molecule has 0 bridgehead atoms. The van der Waals surface area contributed by atoms with Gasteiger partial charge in [0, 0.05) is 23.5 Å². The van der Waals surface area contributed by atoms with E-state index in [4.69, 9.17) is 0 Å². The normalized spacial score (nSPS) is 16.1. The standard InChI is InChI=1S/C25H26N4/c1-17-13-19-7-3-4-8-22(19)21(14-17)16-29-18(2)27-28-25(29)12-11-20-15-26-24-10-6-5-9-23(20)24/h3-10,14-15,17,26H,11-13,16H2,1-2H3. The largest absolute Gasteiger partial charge is 0.361 e. The van der Waals surface area contributed by atoms with Gasteiger partial charge in [0.25, 0.3) is 0 Å². The maximum atomic E-state index is 4.51. The van der Waals surface area contributed by atoms with Crippen LogP contribution in [0.5, 0.6) is 0 Å². The van der Waals surface area contributed by atoms with Gasteiger partial charge in [0.1, 0.15) is 11.6 Å². The van der Waals surface area contributed by atoms with E-state index in [-0.39, 0.29) is 0 Å². The molecular weight excluding hydrogens is 356 g/mol. The van der Waals surface area contributed by atoms with Crippen LogP contribution in [-0.4, -0.2) is 19.7 Å². The zero-order valence-electron chi connectivity index (χ0n) is 17.0. The summed E-state index contributed by atoms with van der Waals surface area (Å²) in [5.41, 5.74) is 6.74. The highest BCUT2D eigenvalue weighted by atomic mass is 15.3. The minimum atomic E-state index is 0.561. The SMILES string of the molecule is Cc1nnc(CCc2c[nH]c3ccccc23)n1CC1=CC(C)Cc2ccccc21. The predicted octanol–water partition coefficient (Wildman–Crippen LogP) is 5.13. The van der Waals surface area contributed by atoms with Crippen molar-refractivity contribution < 1.29 is 0 Å². The van der Waals surface area contributed by atoms with E-state index < -0.39 is 0 Å². The van der Waals surface area contributed by atoms with E-state index in [0.29, 0.717) is 5.92 Å². The molecule has 2 aromatic carbocycles. The zero-order chi connectivity index (χ0) is 19.8. The molecular formula is C25H26N4. The molecule has 4 heteroatoms. The Balaban J connectivity index is 1.40. The van der Waals surface area contributed by atoms with Gasteiger partial charge in [-0.2, -0.15) is 0 Å². The lowest BCUT2D eigenvalue weighted by Gasteiger charge is -2.23. The van der Waals surface area contributed by atoms with E-state index in [1.807, 2.05) is 0 Å². The van der Waals surface area contributed by atoms with Gasteiger partial charge in [-0.25, -0.2) is 0 Å². The highest BCUT2D eigenvalue weighted by Gasteiger charge is 2.19. The molecule has 1 unspecified atom stereocenters. The average Bonchev–Trinajstić information content (AvgIpc) is 3.30. The molecule has 4 nitrogen and oxygen atoms in total. The number of aryl methyl sites for hydroxylation is 3. The fraction of sp³-hybridized carbons (Fsp3) is 0.280. The lowest BCUT2D eigenvalue weighted by molar-refractivity contribution is 0.681. The second kappa shape index (κ2) is 7.36. The van der Waals surface area contributed by atoms with Gasteiger partial charge in [0.15, 0.2) is 0 Å². The first-order chi connectivity index (χ1) is 14.2. The molecule has 1 atom stereocenters. The van der Waals surface area contributed by atoms with Gasteiger partial charge in [0.2, 0.25) is 0 Å². The molecule has 1 N–H and O–H groups in total. The highest BCUT2D eigenvalue weighted by Crippen LogP contribution is 2.31. The summed E-state index contributed by atoms with van der Waals surface area (Å²) < 4.78 is 2.29. The number of fused-ring (bicyclic) bond motifs is 2. The Morgan fingerprint density at radius 3 is 2.79 bits per heavy atom. The topological polar surface area (TPSA) is 46.5 Å². The summed E-state index contributed by atoms with van der Waals surface area (Å²) >= 11 is 0. The number of para-hydroxylation sites is 1. The molecule has 0 radical (unpaired) electrons. The van der Waals surface area contributed by atoms with Gasteiger partial charge in [0.05, 0.1) is 6.54 Å². The molecule has 2 aromatic heterocycles. The third kappa shape index (κ3) is 3.39. The van der Waals surface area contributed by atoms with Crippen LogP contribution in [0.25, 0.3) is 16.5 Å². The molecule has 0 aliphatic heterocycles. The molecule has 4 aromatic rings. The van der Waals surface area contributed by atoms with Crippen LogP contribution in [0.15, 0.2) is 60.8 Å². The number of nitrogens with zero attached hydrogens (tertiary/aromatic N) is 3. The lowest BCUT2D eigenvalue weighted by atomic mass is 9.85. The predicted molar refractivity (Wildman–Crippen MR) is 118 cm³/mol. The number of benzene rings is 2. The van der Waals surface area contributed by atoms with Crippen molar-refractivity contribution in [2.75, 3.05) is 0 Å². The zero-order valence-corrected chi connectivity index (χ0v) is 17.0. The fourth-order valence-electron chi connectivity index (χ4n) is 4.56. The van der Waals surface area contributed by atoms with Crippen LogP contribution in [-0.2, 0) is 25.8 Å². The first-order valence-corrected chi connectivity index (χ1v) is 10.4. The molecule has 0 amide bonds. The molecule has 1 aliphatic rings. The van der Waals surface area contributed by atoms with Crippen molar-refractivity contribution in [3.8, 4) is 0 Å². The van der Waals surface area contributed by atoms with Gasteiger partial charge in [-0.15, -0.1) is 10.2 Å². The summed E-state index contributed by atoms with van der Waals surface area (Å²) in [6.07, 6.45) is 7.50. The first kappa shape index (κ1) is 17.9. The van der Waals surface area contributed by atoms with Crippen LogP contribution in [0.1, 0.15) is 35.3 Å². The second-order valence-corrected chi connectivity index (χ2v) is 8.14. The molecule has 0 saturated heterocycles. The quantitative estimate of drug-likeness (QED) is 0.520. The van der Waals surface area contributed by atoms with Crippen LogP contribution in [0.2, 0.25) is 0 Å². The summed E-state index contributed by atoms with van der Waals surface area (Å²) in [4.78, 5) is 3.37. The summed E-state index contributed by atoms with van der Waals surface area (Å²) in [7, 11) is 0. The average molecular weight is 383 g/mol. The Morgan fingerprint density at radius 1 is 1.03 bits per heavy atom. The summed E-state index contributed by atoms with van der Waals surface area (Å²) in [5.74, 6) is 2.60. The van der Waals surface area contributed by atoms with E-state index in [9.17, 15) is 0 Å². The third-order valence-corrected chi connectivity index (χ3v) is 6.02. The number of aromatic nitrogens is 4. The van der Waals surface area contributed by atoms with Crippen LogP contribution < -0.4 is 0 Å². The molecule has 146 valence electrons. The Bertz CT molecular complexity index is 1190. The van der Waals surface area contributed by atoms with Crippen molar-refractivity contribution in [2.45, 2.75) is 39.7 Å². The summed E-state index contributed by atoms with van der Waals surface area (Å²) in [5, 5.41) is 10.2. The summed E-state index contributed by atoms with van der Waals surface area (Å²) in [6, 6.07) is 17.3. The van der Waals surface area contributed by atoms with E-state index >= 15 is 0 Å². The van der Waals surface area contributed by atoms with Crippen LogP contribution in [0.4, 0.5) is 0 Å². The molecule has 2 heterocycles. The van der Waals surface area contributed by atoms with Crippen molar-refractivity contribution in [3.05, 3.63) is 89.1 Å². The minimum Gasteiger partial charge on any atom is -0.361 e. The smallest absolute Gasteiger partial charge is 0.133 e. The monoisotopic (exact) mass is 382 g/mol. The van der Waals surface area contributed by atoms with Crippen LogP contribution >= 0.6 is 0 Å². The van der Waals surface area contributed by atoms with E-state index in [1.54, 1.807) is 0 Å². The molecule has 5 rings (SSSR count). The second-order valence-electron chi connectivity index (χ2n) is 8.14. The van der Waals surface area contributed by atoms with Crippen molar-refractivity contribution in [1.82, 2.24) is 19.7 Å². The van der Waals surface area contributed by atoms with Gasteiger partial charge in [-0.1, -0.05) is 55.5 Å². The highest BCUT2D eigenvalue weighted by molar-refractivity contribution is 5.83. The van der Waals surface area contributed by atoms with Crippen LogP contribution in [0.3, 0.4) is 0 Å². The maximum Gasteiger partial charge on any atom is 0.133 e. The van der Waals surface area contributed by atoms with Gasteiger partial charge < -0.3 is 9.55 Å². The Hall–Kier alpha value is -3.14. The number of hydrogen-bond acceptors (Lipinski definition) is 2. The molecule has 0 fully saturated rings. The number of hydrogen-bond donors (Lipinski definition) is 1. The Labute approximate surface area is 171 Å². The summed E-state index contributed by atoms with van der Waals surface area (Å²) in [6.45, 7) is 5.19. The number of nitrogens with one attached hydrogen (secondary N) is 1. The number of allylic oxidation sites excluding steroid dienone is 2. The minimum absolute atomic E-state index is 0.561. The van der Waals surface area contributed by atoms with Gasteiger partial charge >= 0.3 is 0 Å². The lowest BCUT2D eigenvalue weighted by Crippen LogP contribution is -2.14. The first-order valence-electron chi connectivity index (χ1n) is 10.4. The van der Waals surface area contributed by atoms with Crippen molar-refractivity contribution >= 4 is 16.5 Å². The Morgan fingerprint density at radius 2 is 1.86 bits per heavy atom. The van der Waals surface area contributed by atoms with E-state index in [2.05, 4.69) is 94.4 Å². The number of H-pyrrole nitrogens is 1. The van der Waals surface area contributed by atoms with E-state index in [1.165, 1.54) is 33.2 Å². The van der Waals surface area contributed by atoms with Crippen molar-refractivity contribution in [1.29, 1.82) is 0 Å². The van der Waals surface area contributed by atoms with Crippen molar-refractivity contribution in [3.63, 3.8) is 0 Å². The maximum absolute atomic E-state index is 4.51. The molecule has 1 aliphatic carbocycles. The van der Waals surface area contributed by atoms with Gasteiger partial charge in [-0.05, 0) is 54.0 Å². The van der Waals surface area contributed by atoms with Gasteiger partial charge in [-0.3, -0.25) is 0 Å². The molecule has 0 saturated carbocycles. The Kier molecular flexibility index (Phi) is 4.55.